The fourth-order valence-electron chi connectivity index (χ4n) is 4.24. The van der Waals surface area contributed by atoms with Crippen LogP contribution in [0.15, 0.2) is 30.5 Å². The highest BCUT2D eigenvalue weighted by Gasteiger charge is 2.27. The number of hydrogen-bond donors (Lipinski definition) is 4. The van der Waals surface area contributed by atoms with E-state index in [2.05, 4.69) is 25.8 Å². The number of aryl methyl sites for hydroxylation is 1. The number of hydrogen-bond acceptors (Lipinski definition) is 3. The normalized spacial score (nSPS) is 19.0. The van der Waals surface area contributed by atoms with E-state index in [4.69, 9.17) is 0 Å². The van der Waals surface area contributed by atoms with Crippen molar-refractivity contribution in [3.63, 3.8) is 0 Å². The van der Waals surface area contributed by atoms with Crippen molar-refractivity contribution in [1.82, 2.24) is 25.8 Å². The third-order valence-corrected chi connectivity index (χ3v) is 5.92. The van der Waals surface area contributed by atoms with Crippen molar-refractivity contribution < 1.29 is 14.0 Å². The average molecular weight is 411 g/mol. The van der Waals surface area contributed by atoms with Crippen LogP contribution in [-0.2, 0) is 22.6 Å². The molecule has 0 unspecified atom stereocenters. The van der Waals surface area contributed by atoms with Crippen LogP contribution >= 0.6 is 0 Å². The van der Waals surface area contributed by atoms with Gasteiger partial charge in [-0.15, -0.1) is 0 Å². The molecule has 0 radical (unpaired) electrons. The molecule has 1 aromatic carbocycles. The van der Waals surface area contributed by atoms with Gasteiger partial charge in [0, 0.05) is 29.2 Å². The zero-order chi connectivity index (χ0) is 21.1. The Kier molecular flexibility index (Phi) is 5.83. The second-order valence-electron chi connectivity index (χ2n) is 7.98. The van der Waals surface area contributed by atoms with E-state index in [0.717, 1.165) is 48.0 Å². The maximum absolute atomic E-state index is 14.0. The summed E-state index contributed by atoms with van der Waals surface area (Å²) < 4.78 is 14.0. The van der Waals surface area contributed by atoms with Crippen LogP contribution < -0.4 is 10.6 Å². The molecule has 3 aromatic rings. The lowest BCUT2D eigenvalue weighted by Crippen LogP contribution is -2.41. The molecule has 1 saturated carbocycles. The van der Waals surface area contributed by atoms with Crippen molar-refractivity contribution in [3.05, 3.63) is 53.2 Å². The number of aromatic nitrogens is 3. The van der Waals surface area contributed by atoms with Crippen LogP contribution in [0.1, 0.15) is 42.6 Å². The molecule has 1 fully saturated rings. The molecular weight excluding hydrogens is 385 g/mol. The Bertz CT molecular complexity index is 1040. The summed E-state index contributed by atoms with van der Waals surface area (Å²) in [6, 6.07) is 6.79. The lowest BCUT2D eigenvalue weighted by atomic mass is 9.85. The van der Waals surface area contributed by atoms with Gasteiger partial charge in [0.1, 0.15) is 5.82 Å². The number of nitrogens with zero attached hydrogens (tertiary/aromatic N) is 1. The van der Waals surface area contributed by atoms with Gasteiger partial charge >= 0.3 is 0 Å². The average Bonchev–Trinajstić information content (AvgIpc) is 3.36. The molecule has 158 valence electrons. The lowest BCUT2D eigenvalue weighted by molar-refractivity contribution is -0.126. The van der Waals surface area contributed by atoms with Crippen LogP contribution in [0.25, 0.3) is 10.9 Å². The summed E-state index contributed by atoms with van der Waals surface area (Å²) in [4.78, 5) is 28.0. The fourth-order valence-corrected chi connectivity index (χ4v) is 4.24. The van der Waals surface area contributed by atoms with Crippen molar-refractivity contribution in [3.8, 4) is 0 Å². The zero-order valence-corrected chi connectivity index (χ0v) is 16.9. The van der Waals surface area contributed by atoms with Gasteiger partial charge in [0.25, 0.3) is 0 Å². The lowest BCUT2D eigenvalue weighted by Gasteiger charge is -2.28. The molecule has 2 aromatic heterocycles. The van der Waals surface area contributed by atoms with E-state index < -0.39 is 0 Å². The second-order valence-corrected chi connectivity index (χ2v) is 7.98. The Morgan fingerprint density at radius 1 is 1.20 bits per heavy atom. The smallest absolute Gasteiger partial charge is 0.224 e. The van der Waals surface area contributed by atoms with Gasteiger partial charge in [0.15, 0.2) is 0 Å². The molecule has 4 rings (SSSR count). The van der Waals surface area contributed by atoms with Crippen LogP contribution in [0, 0.1) is 18.7 Å². The summed E-state index contributed by atoms with van der Waals surface area (Å²) in [5, 5.41) is 13.5. The van der Waals surface area contributed by atoms with Crippen LogP contribution in [0.2, 0.25) is 0 Å². The standard InChI is InChI=1S/C22H26FN5O2/c1-13-18(17-3-2-4-19(23)21(17)26-13)11-20(29)27-15-7-5-14(6-8-15)22(30)24-12-16-9-10-25-28-16/h2-4,9-10,14-15,26H,5-8,11-12H2,1H3,(H,24,30)(H,25,28)(H,27,29). The Hall–Kier alpha value is -3.16. The first-order chi connectivity index (χ1) is 14.5. The number of para-hydroxylation sites is 1. The topological polar surface area (TPSA) is 103 Å². The van der Waals surface area contributed by atoms with Crippen LogP contribution in [0.5, 0.6) is 0 Å². The van der Waals surface area contributed by atoms with Gasteiger partial charge in [0.05, 0.1) is 24.2 Å². The summed E-state index contributed by atoms with van der Waals surface area (Å²) in [6.07, 6.45) is 4.91. The molecule has 1 aliphatic rings. The third-order valence-electron chi connectivity index (χ3n) is 5.92. The molecule has 0 atom stereocenters. The van der Waals surface area contributed by atoms with E-state index in [1.807, 2.05) is 19.1 Å². The molecule has 0 saturated heterocycles. The molecule has 8 heteroatoms. The minimum atomic E-state index is -0.314. The van der Waals surface area contributed by atoms with Gasteiger partial charge in [-0.25, -0.2) is 4.39 Å². The van der Waals surface area contributed by atoms with E-state index in [1.165, 1.54) is 6.07 Å². The maximum Gasteiger partial charge on any atom is 0.224 e. The number of halogens is 1. The number of fused-ring (bicyclic) bond motifs is 1. The molecule has 2 amide bonds. The molecular formula is C22H26FN5O2. The summed E-state index contributed by atoms with van der Waals surface area (Å²) in [5.41, 5.74) is 2.95. The fraction of sp³-hybridized carbons (Fsp3) is 0.409. The van der Waals surface area contributed by atoms with E-state index in [-0.39, 0.29) is 36.0 Å². The van der Waals surface area contributed by atoms with Crippen LogP contribution in [-0.4, -0.2) is 33.0 Å². The third kappa shape index (κ3) is 4.37. The molecule has 0 spiro atoms. The first kappa shape index (κ1) is 20.1. The van der Waals surface area contributed by atoms with Crippen molar-refractivity contribution in [2.45, 2.75) is 51.6 Å². The summed E-state index contributed by atoms with van der Waals surface area (Å²) >= 11 is 0. The van der Waals surface area contributed by atoms with Gasteiger partial charge < -0.3 is 15.6 Å². The van der Waals surface area contributed by atoms with E-state index in [1.54, 1.807) is 12.3 Å². The molecule has 0 bridgehead atoms. The van der Waals surface area contributed by atoms with Gasteiger partial charge in [0.2, 0.25) is 11.8 Å². The highest BCUT2D eigenvalue weighted by Crippen LogP contribution is 2.26. The van der Waals surface area contributed by atoms with E-state index >= 15 is 0 Å². The number of amides is 2. The molecule has 30 heavy (non-hydrogen) atoms. The highest BCUT2D eigenvalue weighted by atomic mass is 19.1. The molecule has 2 heterocycles. The molecule has 0 aliphatic heterocycles. The number of H-pyrrole nitrogens is 2. The van der Waals surface area contributed by atoms with Crippen molar-refractivity contribution >= 4 is 22.7 Å². The maximum atomic E-state index is 14.0. The van der Waals surface area contributed by atoms with Gasteiger partial charge in [-0.3, -0.25) is 14.7 Å². The number of aromatic amines is 2. The first-order valence-corrected chi connectivity index (χ1v) is 10.3. The summed E-state index contributed by atoms with van der Waals surface area (Å²) in [5.74, 6) is -0.368. The predicted molar refractivity (Wildman–Crippen MR) is 111 cm³/mol. The number of benzene rings is 1. The highest BCUT2D eigenvalue weighted by molar-refractivity contribution is 5.90. The van der Waals surface area contributed by atoms with Crippen LogP contribution in [0.3, 0.4) is 0 Å². The minimum absolute atomic E-state index is 0.0279. The van der Waals surface area contributed by atoms with E-state index in [0.29, 0.717) is 12.1 Å². The molecule has 7 nitrogen and oxygen atoms in total. The largest absolute Gasteiger partial charge is 0.356 e. The SMILES string of the molecule is Cc1[nH]c2c(F)cccc2c1CC(=O)NC1CCC(C(=O)NCc2ccn[nH]2)CC1. The monoisotopic (exact) mass is 411 g/mol. The molecule has 4 N–H and O–H groups in total. The number of carbonyl (C=O) groups is 2. The predicted octanol–water partition coefficient (Wildman–Crippen LogP) is 2.87. The first-order valence-electron chi connectivity index (χ1n) is 10.3. The second kappa shape index (κ2) is 8.69. The number of carbonyl (C=O) groups excluding carboxylic acids is 2. The van der Waals surface area contributed by atoms with Gasteiger partial charge in [-0.05, 0) is 50.3 Å². The summed E-state index contributed by atoms with van der Waals surface area (Å²) in [6.45, 7) is 2.30. The van der Waals surface area contributed by atoms with Crippen molar-refractivity contribution in [1.29, 1.82) is 0 Å². The van der Waals surface area contributed by atoms with Gasteiger partial charge in [-0.2, -0.15) is 5.10 Å². The Labute approximate surface area is 173 Å². The Balaban J connectivity index is 1.27. The van der Waals surface area contributed by atoms with E-state index in [9.17, 15) is 14.0 Å². The quantitative estimate of drug-likeness (QED) is 0.501. The van der Waals surface area contributed by atoms with Crippen LogP contribution in [0.4, 0.5) is 4.39 Å². The number of nitrogens with one attached hydrogen (secondary N) is 4. The summed E-state index contributed by atoms with van der Waals surface area (Å²) in [7, 11) is 0. The molecule has 1 aliphatic carbocycles. The number of rotatable bonds is 6. The minimum Gasteiger partial charge on any atom is -0.356 e. The Morgan fingerprint density at radius 2 is 2.00 bits per heavy atom. The van der Waals surface area contributed by atoms with Gasteiger partial charge in [-0.1, -0.05) is 12.1 Å². The van der Waals surface area contributed by atoms with Crippen molar-refractivity contribution in [2.75, 3.05) is 0 Å². The van der Waals surface area contributed by atoms with Crippen molar-refractivity contribution in [2.24, 2.45) is 5.92 Å². The zero-order valence-electron chi connectivity index (χ0n) is 16.9. The Morgan fingerprint density at radius 3 is 2.73 bits per heavy atom.